The molecule has 0 amide bonds. The fourth-order valence-electron chi connectivity index (χ4n) is 3.65. The predicted octanol–water partition coefficient (Wildman–Crippen LogP) is 3.03. The fraction of sp³-hybridized carbons (Fsp3) is 0.238. The quantitative estimate of drug-likeness (QED) is 0.395. The summed E-state index contributed by atoms with van der Waals surface area (Å²) in [5.41, 5.74) is 1.93. The van der Waals surface area contributed by atoms with Crippen molar-refractivity contribution in [3.63, 3.8) is 0 Å². The van der Waals surface area contributed by atoms with E-state index < -0.39 is 12.1 Å². The van der Waals surface area contributed by atoms with Crippen molar-refractivity contribution in [3.05, 3.63) is 64.0 Å². The molecule has 0 spiro atoms. The molecule has 0 saturated heterocycles. The SMILES string of the molecule is O=C(Oc1ccc2c3c(c(=O)oc2c1)CCC3)C1COc2ccccc2O1. The van der Waals surface area contributed by atoms with Gasteiger partial charge >= 0.3 is 11.6 Å². The highest BCUT2D eigenvalue weighted by Gasteiger charge is 2.29. The van der Waals surface area contributed by atoms with Crippen LogP contribution in [0.15, 0.2) is 51.7 Å². The first-order valence-corrected chi connectivity index (χ1v) is 8.88. The van der Waals surface area contributed by atoms with E-state index in [9.17, 15) is 9.59 Å². The molecule has 0 radical (unpaired) electrons. The number of rotatable bonds is 2. The Hall–Kier alpha value is -3.28. The second-order valence-corrected chi connectivity index (χ2v) is 6.64. The van der Waals surface area contributed by atoms with E-state index in [1.807, 2.05) is 12.1 Å². The molecule has 6 heteroatoms. The van der Waals surface area contributed by atoms with Gasteiger partial charge in [-0.25, -0.2) is 9.59 Å². The number of hydrogen-bond acceptors (Lipinski definition) is 6. The maximum atomic E-state index is 12.4. The summed E-state index contributed by atoms with van der Waals surface area (Å²) in [4.78, 5) is 24.6. The van der Waals surface area contributed by atoms with Crippen molar-refractivity contribution in [2.45, 2.75) is 25.4 Å². The zero-order chi connectivity index (χ0) is 18.4. The third-order valence-corrected chi connectivity index (χ3v) is 4.94. The molecule has 0 N–H and O–H groups in total. The lowest BCUT2D eigenvalue weighted by Gasteiger charge is -2.24. The molecule has 1 unspecified atom stereocenters. The van der Waals surface area contributed by atoms with Crippen LogP contribution in [0.1, 0.15) is 17.5 Å². The van der Waals surface area contributed by atoms with Crippen molar-refractivity contribution in [1.82, 2.24) is 0 Å². The average molecular weight is 364 g/mol. The monoisotopic (exact) mass is 364 g/mol. The third-order valence-electron chi connectivity index (χ3n) is 4.94. The van der Waals surface area contributed by atoms with Crippen molar-refractivity contribution in [3.8, 4) is 17.2 Å². The van der Waals surface area contributed by atoms with E-state index in [0.29, 0.717) is 22.8 Å². The van der Waals surface area contributed by atoms with Crippen molar-refractivity contribution in [1.29, 1.82) is 0 Å². The highest BCUT2D eigenvalue weighted by molar-refractivity contribution is 5.85. The summed E-state index contributed by atoms with van der Waals surface area (Å²) in [6, 6.07) is 12.3. The van der Waals surface area contributed by atoms with Gasteiger partial charge in [0.2, 0.25) is 6.10 Å². The minimum Gasteiger partial charge on any atom is -0.485 e. The van der Waals surface area contributed by atoms with Gasteiger partial charge in [-0.2, -0.15) is 0 Å². The van der Waals surface area contributed by atoms with Crippen molar-refractivity contribution in [2.75, 3.05) is 6.61 Å². The lowest BCUT2D eigenvalue weighted by atomic mass is 10.1. The van der Waals surface area contributed by atoms with E-state index in [4.69, 9.17) is 18.6 Å². The molecule has 1 atom stereocenters. The van der Waals surface area contributed by atoms with Crippen molar-refractivity contribution < 1.29 is 23.4 Å². The zero-order valence-corrected chi connectivity index (χ0v) is 14.4. The maximum absolute atomic E-state index is 12.4. The second kappa shape index (κ2) is 6.16. The summed E-state index contributed by atoms with van der Waals surface area (Å²) in [6.07, 6.45) is 1.72. The molecule has 2 aromatic carbocycles. The van der Waals surface area contributed by atoms with E-state index in [0.717, 1.165) is 35.8 Å². The molecule has 5 rings (SSSR count). The molecule has 3 aromatic rings. The lowest BCUT2D eigenvalue weighted by Crippen LogP contribution is -2.39. The number of ether oxygens (including phenoxy) is 3. The Kier molecular flexibility index (Phi) is 3.63. The van der Waals surface area contributed by atoms with Crippen LogP contribution in [0.2, 0.25) is 0 Å². The number of esters is 1. The van der Waals surface area contributed by atoms with Gasteiger partial charge in [-0.1, -0.05) is 12.1 Å². The summed E-state index contributed by atoms with van der Waals surface area (Å²) in [7, 11) is 0. The Morgan fingerprint density at radius 2 is 1.85 bits per heavy atom. The van der Waals surface area contributed by atoms with Gasteiger partial charge in [0, 0.05) is 17.0 Å². The smallest absolute Gasteiger partial charge is 0.356 e. The number of para-hydroxylation sites is 2. The van der Waals surface area contributed by atoms with Crippen LogP contribution in [-0.4, -0.2) is 18.7 Å². The summed E-state index contributed by atoms with van der Waals surface area (Å²) in [5, 5.41) is 0.896. The maximum Gasteiger partial charge on any atom is 0.356 e. The molecule has 2 aliphatic rings. The number of fused-ring (bicyclic) bond motifs is 4. The topological polar surface area (TPSA) is 75.0 Å². The van der Waals surface area contributed by atoms with Crippen molar-refractivity contribution >= 4 is 16.9 Å². The third kappa shape index (κ3) is 2.73. The number of carbonyl (C=O) groups excluding carboxylic acids is 1. The van der Waals surface area contributed by atoms with Gasteiger partial charge in [-0.05, 0) is 49.1 Å². The number of benzene rings is 2. The molecule has 0 saturated carbocycles. The van der Waals surface area contributed by atoms with Gasteiger partial charge in [0.25, 0.3) is 0 Å². The molecule has 6 nitrogen and oxygen atoms in total. The largest absolute Gasteiger partial charge is 0.485 e. The molecule has 1 aromatic heterocycles. The van der Waals surface area contributed by atoms with Crippen LogP contribution in [0.4, 0.5) is 0 Å². The number of hydrogen-bond donors (Lipinski definition) is 0. The van der Waals surface area contributed by atoms with E-state index in [1.165, 1.54) is 0 Å². The summed E-state index contributed by atoms with van der Waals surface area (Å²) >= 11 is 0. The van der Waals surface area contributed by atoms with Gasteiger partial charge in [0.05, 0.1) is 0 Å². The molecular formula is C21H16O6. The predicted molar refractivity (Wildman–Crippen MR) is 96.5 cm³/mol. The molecule has 0 bridgehead atoms. The highest BCUT2D eigenvalue weighted by Crippen LogP contribution is 2.32. The fourth-order valence-corrected chi connectivity index (χ4v) is 3.65. The van der Waals surface area contributed by atoms with Gasteiger partial charge in [-0.15, -0.1) is 0 Å². The average Bonchev–Trinajstić information content (AvgIpc) is 3.18. The molecule has 0 fully saturated rings. The first-order valence-electron chi connectivity index (χ1n) is 8.88. The molecule has 1 aliphatic carbocycles. The standard InChI is InChI=1S/C21H16O6/c22-20-15-5-3-4-13(15)14-9-8-12(10-18(14)27-20)25-21(23)19-11-24-16-6-1-2-7-17(16)26-19/h1-2,6-10,19H,3-5,11H2. The van der Waals surface area contributed by atoms with Crippen LogP contribution in [0.3, 0.4) is 0 Å². The Labute approximate surface area is 154 Å². The lowest BCUT2D eigenvalue weighted by molar-refractivity contribution is -0.144. The van der Waals surface area contributed by atoms with E-state index in [2.05, 4.69) is 0 Å². The Morgan fingerprint density at radius 1 is 1.04 bits per heavy atom. The van der Waals surface area contributed by atoms with E-state index >= 15 is 0 Å². The minimum atomic E-state index is -0.859. The number of carbonyl (C=O) groups is 1. The summed E-state index contributed by atoms with van der Waals surface area (Å²) in [5.74, 6) is 0.845. The molecular weight excluding hydrogens is 348 g/mol. The van der Waals surface area contributed by atoms with Gasteiger partial charge in [0.1, 0.15) is 17.9 Å². The Balaban J connectivity index is 1.39. The molecule has 27 heavy (non-hydrogen) atoms. The van der Waals surface area contributed by atoms with E-state index in [1.54, 1.807) is 30.3 Å². The minimum absolute atomic E-state index is 0.0754. The van der Waals surface area contributed by atoms with Crippen LogP contribution in [0.25, 0.3) is 11.0 Å². The first kappa shape index (κ1) is 15.9. The Morgan fingerprint density at radius 3 is 2.74 bits per heavy atom. The van der Waals surface area contributed by atoms with Crippen LogP contribution in [-0.2, 0) is 17.6 Å². The highest BCUT2D eigenvalue weighted by atomic mass is 16.6. The first-order chi connectivity index (χ1) is 13.2. The summed E-state index contributed by atoms with van der Waals surface area (Å²) < 4.78 is 22.1. The Bertz CT molecular complexity index is 1110. The van der Waals surface area contributed by atoms with Crippen molar-refractivity contribution in [2.24, 2.45) is 0 Å². The molecule has 1 aliphatic heterocycles. The molecule has 2 heterocycles. The van der Waals surface area contributed by atoms with E-state index in [-0.39, 0.29) is 12.2 Å². The van der Waals surface area contributed by atoms with Crippen LogP contribution >= 0.6 is 0 Å². The van der Waals surface area contributed by atoms with Gasteiger partial charge in [-0.3, -0.25) is 0 Å². The van der Waals surface area contributed by atoms with Gasteiger partial charge < -0.3 is 18.6 Å². The van der Waals surface area contributed by atoms with Gasteiger partial charge in [0.15, 0.2) is 11.5 Å². The van der Waals surface area contributed by atoms with Crippen LogP contribution < -0.4 is 19.8 Å². The molecule has 136 valence electrons. The zero-order valence-electron chi connectivity index (χ0n) is 14.4. The second-order valence-electron chi connectivity index (χ2n) is 6.64. The summed E-state index contributed by atoms with van der Waals surface area (Å²) in [6.45, 7) is 0.0754. The number of aryl methyl sites for hydroxylation is 1. The van der Waals surface area contributed by atoms with Crippen LogP contribution in [0, 0.1) is 0 Å². The normalized spacial score (nSPS) is 17.6. The van der Waals surface area contributed by atoms with Crippen LogP contribution in [0.5, 0.6) is 17.2 Å².